The van der Waals surface area contributed by atoms with Gasteiger partial charge in [-0.15, -0.1) is 5.10 Å². The van der Waals surface area contributed by atoms with Crippen LogP contribution >= 0.6 is 0 Å². The maximum absolute atomic E-state index is 15.3. The van der Waals surface area contributed by atoms with Crippen molar-refractivity contribution in [2.75, 3.05) is 42.9 Å². The topological polar surface area (TPSA) is 207 Å². The highest BCUT2D eigenvalue weighted by molar-refractivity contribution is 5.94. The maximum atomic E-state index is 15.3. The lowest BCUT2D eigenvalue weighted by Gasteiger charge is -2.35. The Balaban J connectivity index is 1.15. The van der Waals surface area contributed by atoms with Crippen molar-refractivity contribution >= 4 is 46.3 Å². The number of hydrogen-bond acceptors (Lipinski definition) is 9. The number of aromatic carboxylic acids is 1. The number of unbranched alkanes of at least 4 members (excludes halogenated alkanes) is 1. The number of anilines is 2. The largest absolute Gasteiger partial charge is 0.477 e. The average Bonchev–Trinajstić information content (AvgIpc) is 3.66. The molecule has 0 radical (unpaired) electrons. The number of aromatic nitrogens is 4. The number of carbonyl (C=O) groups excluding carboxylic acids is 3. The molecule has 3 heterocycles. The Hall–Kier alpha value is -6.00. The van der Waals surface area contributed by atoms with Crippen molar-refractivity contribution in [3.05, 3.63) is 81.7 Å². The number of fused-ring (bicyclic) bond motifs is 1. The molecule has 2 aromatic carbocycles. The van der Waals surface area contributed by atoms with Crippen molar-refractivity contribution in [3.63, 3.8) is 0 Å². The number of carbonyl (C=O) groups is 4. The normalized spacial score (nSPS) is 14.0. The van der Waals surface area contributed by atoms with Crippen LogP contribution in [0.5, 0.6) is 0 Å². The van der Waals surface area contributed by atoms with E-state index in [2.05, 4.69) is 34.8 Å². The van der Waals surface area contributed by atoms with Crippen molar-refractivity contribution in [2.45, 2.75) is 78.0 Å². The van der Waals surface area contributed by atoms with Gasteiger partial charge in [0.25, 0.3) is 0 Å². The molecule has 4 amide bonds. The Morgan fingerprint density at radius 2 is 1.75 bits per heavy atom. The number of aryl methyl sites for hydroxylation is 1. The number of amides is 4. The van der Waals surface area contributed by atoms with Crippen LogP contribution < -0.4 is 26.7 Å². The van der Waals surface area contributed by atoms with E-state index < -0.39 is 40.9 Å². The minimum atomic E-state index is -1.37. The van der Waals surface area contributed by atoms with Crippen LogP contribution in [0, 0.1) is 5.82 Å². The number of urea groups is 1. The van der Waals surface area contributed by atoms with Gasteiger partial charge in [0.15, 0.2) is 0 Å². The molecule has 1 aliphatic heterocycles. The van der Waals surface area contributed by atoms with Crippen molar-refractivity contribution < 1.29 is 33.4 Å². The lowest BCUT2D eigenvalue weighted by Crippen LogP contribution is -2.49. The number of nitrogens with two attached hydrogens (primary N) is 1. The molecule has 1 fully saturated rings. The van der Waals surface area contributed by atoms with Gasteiger partial charge in [0, 0.05) is 68.7 Å². The first-order valence-corrected chi connectivity index (χ1v) is 18.5. The third kappa shape index (κ3) is 9.96. The zero-order valence-corrected chi connectivity index (χ0v) is 31.3. The van der Waals surface area contributed by atoms with Crippen molar-refractivity contribution in [2.24, 2.45) is 5.73 Å². The molecule has 294 valence electrons. The zero-order chi connectivity index (χ0) is 39.6. The predicted octanol–water partition coefficient (Wildman–Crippen LogP) is 4.83. The van der Waals surface area contributed by atoms with Crippen LogP contribution in [-0.2, 0) is 22.7 Å². The number of carboxylic acid groups (broad SMARTS) is 1. The predicted molar refractivity (Wildman–Crippen MR) is 204 cm³/mol. The van der Waals surface area contributed by atoms with E-state index in [0.29, 0.717) is 55.8 Å². The summed E-state index contributed by atoms with van der Waals surface area (Å²) >= 11 is 0. The van der Waals surface area contributed by atoms with Crippen LogP contribution in [0.3, 0.4) is 0 Å². The van der Waals surface area contributed by atoms with Crippen LogP contribution in [0.15, 0.2) is 53.6 Å². The molecule has 17 heteroatoms. The van der Waals surface area contributed by atoms with Crippen molar-refractivity contribution in [1.82, 2.24) is 29.8 Å². The van der Waals surface area contributed by atoms with Gasteiger partial charge in [0.05, 0.1) is 16.9 Å². The van der Waals surface area contributed by atoms with Crippen molar-refractivity contribution in [3.8, 4) is 0 Å². The van der Waals surface area contributed by atoms with E-state index in [-0.39, 0.29) is 42.6 Å². The quantitative estimate of drug-likeness (QED) is 0.114. The molecule has 5 rings (SSSR count). The molecule has 55 heavy (non-hydrogen) atoms. The molecule has 1 aliphatic rings. The number of nitrogens with one attached hydrogen (secondary N) is 2. The Morgan fingerprint density at radius 3 is 2.40 bits per heavy atom. The SMILES string of the molecule is CCCC[C@H](C)c1cn([C@@H](CCCNC(N)=O)C(=O)Nc2ccc(COC(=O)N3CCN(c4cc5c(cc4F)c(=O)c(C(=O)O)cn5CC)CC3)cc2)nn1. The summed E-state index contributed by atoms with van der Waals surface area (Å²) in [6, 6.07) is 8.22. The van der Waals surface area contributed by atoms with Gasteiger partial charge in [-0.25, -0.2) is 23.5 Å². The summed E-state index contributed by atoms with van der Waals surface area (Å²) in [7, 11) is 0. The molecule has 5 N–H and O–H groups in total. The standard InChI is InChI=1S/C38H48FN9O7/c1-4-6-8-24(3)30-22-48(44-43-30)31(9-7-14-41-37(40)53)35(50)42-26-12-10-25(11-13-26)23-55-38(54)47-17-15-46(16-18-47)33-20-32-27(19-29(33)39)34(49)28(36(51)52)21-45(32)5-2/h10-13,19-22,24,31H,4-9,14-18,23H2,1-3H3,(H,42,50)(H,51,52)(H3,40,41,53)/t24-,31-/m0/s1. The maximum Gasteiger partial charge on any atom is 0.410 e. The molecule has 0 saturated carbocycles. The number of pyridine rings is 1. The highest BCUT2D eigenvalue weighted by Crippen LogP contribution is 2.27. The first-order chi connectivity index (χ1) is 26.4. The molecule has 2 atom stereocenters. The third-order valence-electron chi connectivity index (χ3n) is 9.78. The molecule has 0 aliphatic carbocycles. The van der Waals surface area contributed by atoms with E-state index in [1.54, 1.807) is 57.6 Å². The Kier molecular flexibility index (Phi) is 13.4. The van der Waals surface area contributed by atoms with Crippen LogP contribution in [-0.4, -0.2) is 86.3 Å². The first kappa shape index (κ1) is 40.2. The third-order valence-corrected chi connectivity index (χ3v) is 9.78. The van der Waals surface area contributed by atoms with Crippen LogP contribution in [0.2, 0.25) is 0 Å². The van der Waals surface area contributed by atoms with E-state index in [1.807, 2.05) is 0 Å². The van der Waals surface area contributed by atoms with Gasteiger partial charge in [0.1, 0.15) is 24.0 Å². The molecule has 4 aromatic rings. The summed E-state index contributed by atoms with van der Waals surface area (Å²) in [5.41, 5.74) is 6.75. The molecule has 2 aromatic heterocycles. The molecular formula is C38H48FN9O7. The fourth-order valence-corrected chi connectivity index (χ4v) is 6.55. The minimum Gasteiger partial charge on any atom is -0.477 e. The fourth-order valence-electron chi connectivity index (χ4n) is 6.55. The van der Waals surface area contributed by atoms with Gasteiger partial charge < -0.3 is 40.6 Å². The van der Waals surface area contributed by atoms with Gasteiger partial charge in [0.2, 0.25) is 11.3 Å². The lowest BCUT2D eigenvalue weighted by molar-refractivity contribution is -0.119. The van der Waals surface area contributed by atoms with E-state index in [9.17, 15) is 29.1 Å². The fraction of sp³-hybridized carbons (Fsp3) is 0.447. The second kappa shape index (κ2) is 18.4. The number of rotatable bonds is 16. The summed E-state index contributed by atoms with van der Waals surface area (Å²) < 4.78 is 24.0. The summed E-state index contributed by atoms with van der Waals surface area (Å²) in [4.78, 5) is 65.2. The number of piperazine rings is 1. The second-order valence-corrected chi connectivity index (χ2v) is 13.6. The number of hydrogen-bond donors (Lipinski definition) is 4. The molecular weight excluding hydrogens is 713 g/mol. The summed E-state index contributed by atoms with van der Waals surface area (Å²) in [5, 5.41) is 23.5. The van der Waals surface area contributed by atoms with Crippen LogP contribution in [0.4, 0.5) is 25.4 Å². The lowest BCUT2D eigenvalue weighted by atomic mass is 10.0. The number of nitrogens with zero attached hydrogens (tertiary/aromatic N) is 6. The number of benzene rings is 2. The van der Waals surface area contributed by atoms with Gasteiger partial charge in [-0.3, -0.25) is 9.59 Å². The summed E-state index contributed by atoms with van der Waals surface area (Å²) in [5.74, 6) is -2.13. The van der Waals surface area contributed by atoms with Gasteiger partial charge in [-0.1, -0.05) is 44.0 Å². The van der Waals surface area contributed by atoms with E-state index in [1.165, 1.54) is 11.1 Å². The Labute approximate surface area is 317 Å². The minimum absolute atomic E-state index is 0.00705. The van der Waals surface area contributed by atoms with Crippen LogP contribution in [0.1, 0.15) is 86.5 Å². The summed E-state index contributed by atoms with van der Waals surface area (Å²) in [6.07, 6.45) is 6.51. The molecule has 1 saturated heterocycles. The summed E-state index contributed by atoms with van der Waals surface area (Å²) in [6.45, 7) is 7.85. The monoisotopic (exact) mass is 761 g/mol. The van der Waals surface area contributed by atoms with Gasteiger partial charge in [-0.2, -0.15) is 0 Å². The number of ether oxygens (including phenoxy) is 1. The van der Waals surface area contributed by atoms with E-state index in [4.69, 9.17) is 10.5 Å². The Bertz CT molecular complexity index is 2060. The van der Waals surface area contributed by atoms with E-state index >= 15 is 4.39 Å². The first-order valence-electron chi connectivity index (χ1n) is 18.5. The van der Waals surface area contributed by atoms with Gasteiger partial charge >= 0.3 is 18.1 Å². The average molecular weight is 762 g/mol. The highest BCUT2D eigenvalue weighted by Gasteiger charge is 2.26. The number of carboxylic acids is 1. The molecule has 16 nitrogen and oxygen atoms in total. The second-order valence-electron chi connectivity index (χ2n) is 13.6. The van der Waals surface area contributed by atoms with Crippen LogP contribution in [0.25, 0.3) is 10.9 Å². The number of halogens is 1. The van der Waals surface area contributed by atoms with E-state index in [0.717, 1.165) is 31.0 Å². The van der Waals surface area contributed by atoms with Crippen molar-refractivity contribution in [1.29, 1.82) is 0 Å². The molecule has 0 spiro atoms. The Morgan fingerprint density at radius 1 is 1.02 bits per heavy atom. The zero-order valence-electron chi connectivity index (χ0n) is 31.3. The smallest absolute Gasteiger partial charge is 0.410 e. The molecule has 0 unspecified atom stereocenters. The highest BCUT2D eigenvalue weighted by atomic mass is 19.1. The van der Waals surface area contributed by atoms with Gasteiger partial charge in [-0.05, 0) is 56.0 Å². The number of primary amides is 1. The molecule has 0 bridgehead atoms.